The molecule has 1 aliphatic heterocycles. The Balaban J connectivity index is 0.00000105. The third-order valence-corrected chi connectivity index (χ3v) is 17.4. The summed E-state index contributed by atoms with van der Waals surface area (Å²) in [7, 11) is 0. The third kappa shape index (κ3) is 3.88. The Bertz CT molecular complexity index is 857. The van der Waals surface area contributed by atoms with Crippen LogP contribution >= 0.6 is 0 Å². The van der Waals surface area contributed by atoms with Crippen molar-refractivity contribution in [3.05, 3.63) is 103 Å². The fourth-order valence-electron chi connectivity index (χ4n) is 4.36. The molecule has 0 spiro atoms. The molecule has 1 heterocycles. The third-order valence-electron chi connectivity index (χ3n) is 5.94. The zero-order chi connectivity index (χ0) is 16.7. The zero-order valence-corrected chi connectivity index (χ0v) is 19.1. The summed E-state index contributed by atoms with van der Waals surface area (Å²) in [6.07, 6.45) is 12.4. The fourth-order valence-corrected chi connectivity index (χ4v) is 17.3. The molecule has 3 heteroatoms. The molecule has 2 aliphatic carbocycles. The van der Waals surface area contributed by atoms with Gasteiger partial charge >= 0.3 is 155 Å². The normalized spacial score (nSPS) is 17.9. The maximum atomic E-state index is 2.56. The summed E-state index contributed by atoms with van der Waals surface area (Å²) in [4.78, 5) is 0. The van der Waals surface area contributed by atoms with Crippen molar-refractivity contribution < 1.29 is 45.1 Å². The first-order chi connectivity index (χ1) is 12.4. The number of benzene rings is 2. The molecule has 0 amide bonds. The molecule has 1 fully saturated rings. The Labute approximate surface area is 179 Å². The Kier molecular flexibility index (Phi) is 6.47. The Morgan fingerprint density at radius 1 is 0.556 bits per heavy atom. The van der Waals surface area contributed by atoms with E-state index < -0.39 is 20.3 Å². The van der Waals surface area contributed by atoms with Gasteiger partial charge in [0.2, 0.25) is 0 Å². The maximum Gasteiger partial charge on any atom is -1.00 e. The van der Waals surface area contributed by atoms with Gasteiger partial charge in [-0.3, -0.25) is 0 Å². The molecular weight excluding hydrogens is 450 g/mol. The molecule has 3 aliphatic rings. The second kappa shape index (κ2) is 8.48. The number of rotatable bonds is 4. The topological polar surface area (TPSA) is 0 Å². The molecule has 2 aromatic rings. The van der Waals surface area contributed by atoms with Crippen LogP contribution in [-0.4, -0.2) is 0 Å². The number of hydrogen-bond donors (Lipinski definition) is 0. The minimum Gasteiger partial charge on any atom is -1.00 e. The van der Waals surface area contributed by atoms with Gasteiger partial charge in [-0.25, -0.2) is 0 Å². The van der Waals surface area contributed by atoms with Crippen molar-refractivity contribution in [3.8, 4) is 0 Å². The van der Waals surface area contributed by atoms with E-state index in [1.54, 1.807) is 0 Å². The number of hydrogen-bond acceptors (Lipinski definition) is 0. The average molecular weight is 473 g/mol. The summed E-state index contributed by atoms with van der Waals surface area (Å²) in [6, 6.07) is 21.8. The molecule has 0 N–H and O–H groups in total. The molecular formula is C24H22Cl2Zr. The quantitative estimate of drug-likeness (QED) is 0.616. The van der Waals surface area contributed by atoms with Gasteiger partial charge in [-0.2, -0.15) is 0 Å². The van der Waals surface area contributed by atoms with Crippen molar-refractivity contribution in [1.82, 2.24) is 0 Å². The Hall–Kier alpha value is -1.14. The number of halogens is 2. The van der Waals surface area contributed by atoms with Crippen LogP contribution in [0.3, 0.4) is 0 Å². The molecule has 0 aromatic heterocycles. The minimum atomic E-state index is -2.17. The van der Waals surface area contributed by atoms with Crippen molar-refractivity contribution >= 4 is 11.1 Å². The first kappa shape index (κ1) is 20.6. The molecule has 0 unspecified atom stereocenters. The van der Waals surface area contributed by atoms with E-state index in [0.29, 0.717) is 0 Å². The SMILES string of the molecule is C1=C(c2ccccc2)C=[C]([Zr+2]2([C]3=CC(c4ccccc4)=CC3)[CH2][CH2]2)C1.[Cl-].[Cl-]. The van der Waals surface area contributed by atoms with Crippen LogP contribution in [0.5, 0.6) is 0 Å². The van der Waals surface area contributed by atoms with Gasteiger partial charge in [0.25, 0.3) is 0 Å². The molecule has 0 bridgehead atoms. The van der Waals surface area contributed by atoms with Crippen LogP contribution in [-0.2, 0) is 20.3 Å². The molecule has 2 aromatic carbocycles. The van der Waals surface area contributed by atoms with Gasteiger partial charge in [-0.05, 0) is 0 Å². The molecule has 27 heavy (non-hydrogen) atoms. The van der Waals surface area contributed by atoms with Crippen molar-refractivity contribution in [2.24, 2.45) is 0 Å². The molecule has 1 saturated heterocycles. The fraction of sp³-hybridized carbons (Fsp3) is 0.167. The summed E-state index contributed by atoms with van der Waals surface area (Å²) in [5.74, 6) is 0. The second-order valence-electron chi connectivity index (χ2n) is 7.38. The minimum absolute atomic E-state index is 0. The van der Waals surface area contributed by atoms with Crippen LogP contribution in [0.1, 0.15) is 24.0 Å². The summed E-state index contributed by atoms with van der Waals surface area (Å²) in [5.41, 5.74) is 5.66. The van der Waals surface area contributed by atoms with Crippen molar-refractivity contribution in [2.45, 2.75) is 21.1 Å². The van der Waals surface area contributed by atoms with E-state index in [0.717, 1.165) is 0 Å². The van der Waals surface area contributed by atoms with Gasteiger partial charge in [0.05, 0.1) is 0 Å². The molecule has 0 radical (unpaired) electrons. The van der Waals surface area contributed by atoms with E-state index in [2.05, 4.69) is 85.0 Å². The second-order valence-corrected chi connectivity index (χ2v) is 18.3. The smallest absolute Gasteiger partial charge is 1.00 e. The van der Waals surface area contributed by atoms with E-state index in [1.807, 2.05) is 6.56 Å². The van der Waals surface area contributed by atoms with E-state index in [4.69, 9.17) is 0 Å². The summed E-state index contributed by atoms with van der Waals surface area (Å²) < 4.78 is 6.72. The molecule has 0 saturated carbocycles. The van der Waals surface area contributed by atoms with Gasteiger partial charge < -0.3 is 24.8 Å². The van der Waals surface area contributed by atoms with Gasteiger partial charge in [0.1, 0.15) is 0 Å². The molecule has 5 rings (SSSR count). The van der Waals surface area contributed by atoms with Crippen LogP contribution in [0, 0.1) is 0 Å². The van der Waals surface area contributed by atoms with Crippen LogP contribution in [0.4, 0.5) is 0 Å². The number of allylic oxidation sites excluding steroid dienone is 8. The Morgan fingerprint density at radius 3 is 1.33 bits per heavy atom. The summed E-state index contributed by atoms with van der Waals surface area (Å²) in [5, 5.41) is 0. The average Bonchev–Trinajstić information content (AvgIpc) is 3.12. The summed E-state index contributed by atoms with van der Waals surface area (Å²) in [6.45, 7) is 0. The van der Waals surface area contributed by atoms with E-state index >= 15 is 0 Å². The molecule has 0 atom stereocenters. The summed E-state index contributed by atoms with van der Waals surface area (Å²) >= 11 is -2.17. The first-order valence-corrected chi connectivity index (χ1v) is 15.2. The first-order valence-electron chi connectivity index (χ1n) is 9.28. The van der Waals surface area contributed by atoms with Crippen LogP contribution in [0.25, 0.3) is 11.1 Å². The van der Waals surface area contributed by atoms with E-state index in [1.165, 1.54) is 43.4 Å². The van der Waals surface area contributed by atoms with Gasteiger partial charge in [0, 0.05) is 0 Å². The van der Waals surface area contributed by atoms with Gasteiger partial charge in [-0.15, -0.1) is 0 Å². The largest absolute Gasteiger partial charge is 1.00 e. The predicted octanol–water partition coefficient (Wildman–Crippen LogP) is 0.741. The van der Waals surface area contributed by atoms with Crippen LogP contribution in [0.15, 0.2) is 91.5 Å². The molecule has 136 valence electrons. The van der Waals surface area contributed by atoms with Crippen LogP contribution in [0.2, 0.25) is 8.26 Å². The van der Waals surface area contributed by atoms with E-state index in [-0.39, 0.29) is 24.8 Å². The monoisotopic (exact) mass is 470 g/mol. The van der Waals surface area contributed by atoms with Gasteiger partial charge in [0.15, 0.2) is 0 Å². The Morgan fingerprint density at radius 2 is 0.963 bits per heavy atom. The zero-order valence-electron chi connectivity index (χ0n) is 15.2. The van der Waals surface area contributed by atoms with Crippen LogP contribution < -0.4 is 24.8 Å². The predicted molar refractivity (Wildman–Crippen MR) is 104 cm³/mol. The molecule has 0 nitrogen and oxygen atoms in total. The van der Waals surface area contributed by atoms with E-state index in [9.17, 15) is 0 Å². The van der Waals surface area contributed by atoms with Crippen molar-refractivity contribution in [3.63, 3.8) is 0 Å². The van der Waals surface area contributed by atoms with Gasteiger partial charge in [-0.1, -0.05) is 0 Å². The standard InChI is InChI=1S/2C11H9.C2H4.2ClH.Zr/c2*1-2-6-10(7-3-1)11-8-4-5-9-11;1-2;;;/h2*1-3,6-9H,4H2;1-2H2;2*1H;/q;;;;;+2/p-2. The van der Waals surface area contributed by atoms with Crippen molar-refractivity contribution in [2.75, 3.05) is 0 Å². The van der Waals surface area contributed by atoms with Crippen molar-refractivity contribution in [1.29, 1.82) is 0 Å². The maximum absolute atomic E-state index is 2.56.